The van der Waals surface area contributed by atoms with E-state index in [0.717, 1.165) is 17.5 Å². The molecule has 0 bridgehead atoms. The third kappa shape index (κ3) is 3.09. The summed E-state index contributed by atoms with van der Waals surface area (Å²) in [5, 5.41) is 9.92. The van der Waals surface area contributed by atoms with Gasteiger partial charge in [-0.05, 0) is 29.2 Å². The summed E-state index contributed by atoms with van der Waals surface area (Å²) in [6.45, 7) is 3.29. The number of aryl methyl sites for hydroxylation is 1. The zero-order chi connectivity index (χ0) is 14.0. The van der Waals surface area contributed by atoms with E-state index in [-0.39, 0.29) is 11.1 Å². The van der Waals surface area contributed by atoms with Crippen molar-refractivity contribution >= 4 is 15.7 Å². The molecular weight excluding hydrogens is 270 g/mol. The normalized spacial score (nSPS) is 20.5. The smallest absolute Gasteiger partial charge is 0.267 e. The predicted octanol–water partition coefficient (Wildman–Crippen LogP) is -0.758. The van der Waals surface area contributed by atoms with E-state index in [1.54, 1.807) is 4.90 Å². The van der Waals surface area contributed by atoms with E-state index in [1.165, 1.54) is 7.05 Å². The van der Waals surface area contributed by atoms with Crippen LogP contribution in [0.4, 0.5) is 0 Å². The Morgan fingerprint density at radius 1 is 1.47 bits per heavy atom. The fourth-order valence-electron chi connectivity index (χ4n) is 2.22. The van der Waals surface area contributed by atoms with Crippen LogP contribution in [0.15, 0.2) is 5.16 Å². The monoisotopic (exact) mass is 287 g/mol. The number of amides is 1. The van der Waals surface area contributed by atoms with Crippen molar-refractivity contribution < 1.29 is 13.2 Å². The van der Waals surface area contributed by atoms with Gasteiger partial charge in [-0.15, -0.1) is 0 Å². The Morgan fingerprint density at radius 3 is 2.79 bits per heavy atom. The number of hydrogen-bond acceptors (Lipinski definition) is 6. The molecule has 0 aromatic carbocycles. The van der Waals surface area contributed by atoms with Crippen LogP contribution >= 0.6 is 0 Å². The van der Waals surface area contributed by atoms with E-state index in [4.69, 9.17) is 0 Å². The number of tetrazole rings is 1. The van der Waals surface area contributed by atoms with Gasteiger partial charge in [-0.1, -0.05) is 12.0 Å². The molecule has 0 saturated carbocycles. The molecule has 0 aliphatic carbocycles. The van der Waals surface area contributed by atoms with Crippen LogP contribution < -0.4 is 0 Å². The highest BCUT2D eigenvalue weighted by atomic mass is 32.2. The first kappa shape index (κ1) is 13.9. The molecule has 8 nitrogen and oxygen atoms in total. The maximum atomic E-state index is 12.0. The second-order valence-electron chi connectivity index (χ2n) is 4.93. The lowest BCUT2D eigenvalue weighted by Crippen LogP contribution is -2.42. The van der Waals surface area contributed by atoms with Crippen molar-refractivity contribution in [2.75, 3.05) is 18.8 Å². The molecule has 1 aliphatic rings. The SMILES string of the molecule is CC1CCCN(C(=O)CS(=O)(=O)c2nnnn2C)C1. The average molecular weight is 287 g/mol. The van der Waals surface area contributed by atoms with Gasteiger partial charge < -0.3 is 4.90 Å². The van der Waals surface area contributed by atoms with Crippen LogP contribution in [-0.2, 0) is 21.7 Å². The minimum absolute atomic E-state index is 0.272. The number of sulfone groups is 1. The van der Waals surface area contributed by atoms with E-state index >= 15 is 0 Å². The highest BCUT2D eigenvalue weighted by molar-refractivity contribution is 7.91. The van der Waals surface area contributed by atoms with Crippen molar-refractivity contribution in [3.8, 4) is 0 Å². The Balaban J connectivity index is 2.08. The lowest BCUT2D eigenvalue weighted by atomic mass is 10.0. The van der Waals surface area contributed by atoms with E-state index in [2.05, 4.69) is 22.4 Å². The van der Waals surface area contributed by atoms with Gasteiger partial charge in [0, 0.05) is 20.1 Å². The maximum Gasteiger partial charge on any atom is 0.267 e. The van der Waals surface area contributed by atoms with Crippen molar-refractivity contribution in [1.29, 1.82) is 0 Å². The number of piperidine rings is 1. The van der Waals surface area contributed by atoms with Crippen LogP contribution in [0.2, 0.25) is 0 Å². The molecular formula is C10H17N5O3S. The van der Waals surface area contributed by atoms with Crippen LogP contribution in [-0.4, -0.2) is 58.3 Å². The van der Waals surface area contributed by atoms with E-state index < -0.39 is 15.6 Å². The van der Waals surface area contributed by atoms with Crippen molar-refractivity contribution in [3.63, 3.8) is 0 Å². The van der Waals surface area contributed by atoms with Crippen molar-refractivity contribution in [2.24, 2.45) is 13.0 Å². The Kier molecular flexibility index (Phi) is 3.83. The quantitative estimate of drug-likeness (QED) is 0.725. The molecule has 2 rings (SSSR count). The number of aromatic nitrogens is 4. The Bertz CT molecular complexity index is 567. The molecule has 2 heterocycles. The van der Waals surface area contributed by atoms with Crippen LogP contribution in [0.5, 0.6) is 0 Å². The Hall–Kier alpha value is -1.51. The topological polar surface area (TPSA) is 98.1 Å². The molecule has 1 amide bonds. The van der Waals surface area contributed by atoms with Crippen LogP contribution in [0.1, 0.15) is 19.8 Å². The Morgan fingerprint density at radius 2 is 2.21 bits per heavy atom. The van der Waals surface area contributed by atoms with E-state index in [0.29, 0.717) is 19.0 Å². The molecule has 0 N–H and O–H groups in total. The van der Waals surface area contributed by atoms with Crippen LogP contribution in [0.25, 0.3) is 0 Å². The van der Waals surface area contributed by atoms with Gasteiger partial charge in [-0.25, -0.2) is 13.1 Å². The highest BCUT2D eigenvalue weighted by Gasteiger charge is 2.29. The van der Waals surface area contributed by atoms with Crippen molar-refractivity contribution in [2.45, 2.75) is 24.9 Å². The molecule has 1 aliphatic heterocycles. The minimum atomic E-state index is -3.78. The maximum absolute atomic E-state index is 12.0. The lowest BCUT2D eigenvalue weighted by Gasteiger charge is -2.30. The molecule has 1 fully saturated rings. The summed E-state index contributed by atoms with van der Waals surface area (Å²) in [6.07, 6.45) is 1.99. The Labute approximate surface area is 111 Å². The van der Waals surface area contributed by atoms with Gasteiger partial charge >= 0.3 is 0 Å². The number of hydrogen-bond donors (Lipinski definition) is 0. The summed E-state index contributed by atoms with van der Waals surface area (Å²) < 4.78 is 25.1. The molecule has 106 valence electrons. The summed E-state index contributed by atoms with van der Waals surface area (Å²) in [4.78, 5) is 13.6. The second kappa shape index (κ2) is 5.24. The first-order valence-electron chi connectivity index (χ1n) is 6.13. The van der Waals surface area contributed by atoms with Gasteiger partial charge in [-0.2, -0.15) is 0 Å². The molecule has 1 saturated heterocycles. The van der Waals surface area contributed by atoms with Crippen molar-refractivity contribution in [1.82, 2.24) is 25.1 Å². The lowest BCUT2D eigenvalue weighted by molar-refractivity contribution is -0.130. The fourth-order valence-corrected chi connectivity index (χ4v) is 3.46. The molecule has 9 heteroatoms. The molecule has 1 aromatic heterocycles. The third-order valence-electron chi connectivity index (χ3n) is 3.18. The van der Waals surface area contributed by atoms with Crippen molar-refractivity contribution in [3.05, 3.63) is 0 Å². The summed E-state index contributed by atoms with van der Waals surface area (Å²) >= 11 is 0. The average Bonchev–Trinajstić information content (AvgIpc) is 2.75. The van der Waals surface area contributed by atoms with Crippen LogP contribution in [0, 0.1) is 5.92 Å². The van der Waals surface area contributed by atoms with Gasteiger partial charge in [0.1, 0.15) is 5.75 Å². The number of rotatable bonds is 3. The third-order valence-corrected chi connectivity index (χ3v) is 4.71. The molecule has 19 heavy (non-hydrogen) atoms. The molecule has 1 unspecified atom stereocenters. The standard InChI is InChI=1S/C10H17N5O3S/c1-8-4-3-5-15(6-8)9(16)7-19(17,18)10-11-12-13-14(10)2/h8H,3-7H2,1-2H3. The summed E-state index contributed by atoms with van der Waals surface area (Å²) in [5.74, 6) is -0.542. The van der Waals surface area contributed by atoms with Gasteiger partial charge in [0.2, 0.25) is 15.7 Å². The highest BCUT2D eigenvalue weighted by Crippen LogP contribution is 2.16. The molecule has 1 atom stereocenters. The predicted molar refractivity (Wildman–Crippen MR) is 65.8 cm³/mol. The largest absolute Gasteiger partial charge is 0.342 e. The number of carbonyl (C=O) groups is 1. The number of carbonyl (C=O) groups excluding carboxylic acids is 1. The first-order chi connectivity index (χ1) is 8.90. The number of nitrogens with zero attached hydrogens (tertiary/aromatic N) is 5. The van der Waals surface area contributed by atoms with Gasteiger partial charge in [-0.3, -0.25) is 4.79 Å². The zero-order valence-corrected chi connectivity index (χ0v) is 11.8. The van der Waals surface area contributed by atoms with Gasteiger partial charge in [0.25, 0.3) is 5.16 Å². The number of likely N-dealkylation sites (tertiary alicyclic amines) is 1. The first-order valence-corrected chi connectivity index (χ1v) is 7.78. The molecule has 1 aromatic rings. The fraction of sp³-hybridized carbons (Fsp3) is 0.800. The zero-order valence-electron chi connectivity index (χ0n) is 11.0. The van der Waals surface area contributed by atoms with Gasteiger partial charge in [0.05, 0.1) is 0 Å². The minimum Gasteiger partial charge on any atom is -0.342 e. The molecule has 0 radical (unpaired) electrons. The molecule has 0 spiro atoms. The second-order valence-corrected chi connectivity index (χ2v) is 6.81. The van der Waals surface area contributed by atoms with E-state index in [1.807, 2.05) is 0 Å². The van der Waals surface area contributed by atoms with Gasteiger partial charge in [0.15, 0.2) is 0 Å². The van der Waals surface area contributed by atoms with E-state index in [9.17, 15) is 13.2 Å². The van der Waals surface area contributed by atoms with Crippen LogP contribution in [0.3, 0.4) is 0 Å². The summed E-state index contributed by atoms with van der Waals surface area (Å²) in [6, 6.07) is 0. The summed E-state index contributed by atoms with van der Waals surface area (Å²) in [7, 11) is -2.35. The summed E-state index contributed by atoms with van der Waals surface area (Å²) in [5.41, 5.74) is 0.